The number of hydrogen-bond donors (Lipinski definition) is 1. The van der Waals surface area contributed by atoms with Gasteiger partial charge in [-0.2, -0.15) is 0 Å². The predicted molar refractivity (Wildman–Crippen MR) is 88.2 cm³/mol. The Bertz CT molecular complexity index is 941. The molecule has 2 heterocycles. The van der Waals surface area contributed by atoms with Crippen molar-refractivity contribution in [2.45, 2.75) is 6.92 Å². The van der Waals surface area contributed by atoms with Crippen LogP contribution in [0.5, 0.6) is 0 Å². The largest absolute Gasteiger partial charge is 0.296 e. The number of aromatic nitrogens is 2. The van der Waals surface area contributed by atoms with Crippen LogP contribution in [0.1, 0.15) is 16.2 Å². The highest BCUT2D eigenvalue weighted by Gasteiger charge is 2.21. The second-order valence-electron chi connectivity index (χ2n) is 4.65. The minimum Gasteiger partial charge on any atom is -0.296 e. The molecule has 7 nitrogen and oxygen atoms in total. The monoisotopic (exact) mass is 348 g/mol. The zero-order valence-electron chi connectivity index (χ0n) is 11.7. The number of amides is 1. The summed E-state index contributed by atoms with van der Waals surface area (Å²) in [5.74, 6) is -0.521. The van der Waals surface area contributed by atoms with Crippen molar-refractivity contribution < 1.29 is 9.72 Å². The van der Waals surface area contributed by atoms with Crippen LogP contribution in [0.3, 0.4) is 0 Å². The number of thiazole rings is 1. The van der Waals surface area contributed by atoms with E-state index in [0.29, 0.717) is 5.13 Å². The standard InChI is InChI=1S/C14H9ClN4O3S/c1-7-6-23-14(17-7)18-13(20)12-11-8(4-5-16-12)10(19(21)22)3-2-9(11)15/h2-6H,1H3,(H,17,18,20). The third-order valence-electron chi connectivity index (χ3n) is 3.10. The number of anilines is 1. The molecule has 0 spiro atoms. The number of fused-ring (bicyclic) bond motifs is 1. The normalized spacial score (nSPS) is 10.7. The molecule has 0 radical (unpaired) electrons. The Morgan fingerprint density at radius 3 is 2.83 bits per heavy atom. The smallest absolute Gasteiger partial charge is 0.277 e. The van der Waals surface area contributed by atoms with Crippen molar-refractivity contribution in [1.82, 2.24) is 9.97 Å². The van der Waals surface area contributed by atoms with E-state index in [0.717, 1.165) is 5.69 Å². The Morgan fingerprint density at radius 1 is 1.39 bits per heavy atom. The highest BCUT2D eigenvalue weighted by Crippen LogP contribution is 2.33. The minimum atomic E-state index is -0.523. The predicted octanol–water partition coefficient (Wildman–Crippen LogP) is 3.81. The van der Waals surface area contributed by atoms with E-state index in [1.54, 1.807) is 5.38 Å². The number of carbonyl (C=O) groups excluding carboxylic acids is 1. The first-order chi connectivity index (χ1) is 11.0. The number of pyridine rings is 1. The van der Waals surface area contributed by atoms with Gasteiger partial charge >= 0.3 is 0 Å². The maximum Gasteiger partial charge on any atom is 0.277 e. The van der Waals surface area contributed by atoms with Gasteiger partial charge in [-0.3, -0.25) is 25.2 Å². The van der Waals surface area contributed by atoms with Crippen molar-refractivity contribution >= 4 is 50.4 Å². The van der Waals surface area contributed by atoms with E-state index in [-0.39, 0.29) is 27.2 Å². The third kappa shape index (κ3) is 2.86. The lowest BCUT2D eigenvalue weighted by Crippen LogP contribution is -2.14. The number of aryl methyl sites for hydroxylation is 1. The maximum atomic E-state index is 12.4. The summed E-state index contributed by atoms with van der Waals surface area (Å²) in [4.78, 5) is 31.2. The number of hydrogen-bond acceptors (Lipinski definition) is 6. The van der Waals surface area contributed by atoms with Crippen LogP contribution in [-0.4, -0.2) is 20.8 Å². The lowest BCUT2D eigenvalue weighted by atomic mass is 10.1. The van der Waals surface area contributed by atoms with Gasteiger partial charge in [0.25, 0.3) is 11.6 Å². The number of nitro benzene ring substituents is 1. The molecule has 116 valence electrons. The average Bonchev–Trinajstić information content (AvgIpc) is 2.91. The zero-order valence-corrected chi connectivity index (χ0v) is 13.3. The second kappa shape index (κ2) is 5.90. The molecular formula is C14H9ClN4O3S. The third-order valence-corrected chi connectivity index (χ3v) is 4.30. The Balaban J connectivity index is 2.12. The van der Waals surface area contributed by atoms with Gasteiger partial charge in [-0.25, -0.2) is 4.98 Å². The Kier molecular flexibility index (Phi) is 3.93. The van der Waals surface area contributed by atoms with Gasteiger partial charge in [0.2, 0.25) is 0 Å². The second-order valence-corrected chi connectivity index (χ2v) is 5.92. The summed E-state index contributed by atoms with van der Waals surface area (Å²) in [5.41, 5.74) is 0.667. The van der Waals surface area contributed by atoms with E-state index >= 15 is 0 Å². The minimum absolute atomic E-state index is 0.0176. The van der Waals surface area contributed by atoms with Crippen molar-refractivity contribution in [3.63, 3.8) is 0 Å². The average molecular weight is 349 g/mol. The Morgan fingerprint density at radius 2 is 2.17 bits per heavy atom. The molecule has 1 aromatic carbocycles. The van der Waals surface area contributed by atoms with Gasteiger partial charge in [0.1, 0.15) is 5.69 Å². The number of rotatable bonds is 3. The molecule has 0 saturated heterocycles. The Labute approximate surface area is 139 Å². The van der Waals surface area contributed by atoms with Gasteiger partial charge in [0, 0.05) is 23.0 Å². The molecule has 0 saturated carbocycles. The number of nitro groups is 1. The molecule has 0 aliphatic carbocycles. The summed E-state index contributed by atoms with van der Waals surface area (Å²) < 4.78 is 0. The van der Waals surface area contributed by atoms with Crippen molar-refractivity contribution in [2.24, 2.45) is 0 Å². The van der Waals surface area contributed by atoms with Crippen molar-refractivity contribution in [2.75, 3.05) is 5.32 Å². The van der Waals surface area contributed by atoms with Crippen molar-refractivity contribution in [3.05, 3.63) is 56.3 Å². The number of non-ortho nitro benzene ring substituents is 1. The van der Waals surface area contributed by atoms with Gasteiger partial charge in [-0.15, -0.1) is 11.3 Å². The number of carbonyl (C=O) groups is 1. The summed E-state index contributed by atoms with van der Waals surface area (Å²) in [6.07, 6.45) is 1.34. The molecule has 1 N–H and O–H groups in total. The van der Waals surface area contributed by atoms with Gasteiger partial charge in [-0.05, 0) is 19.1 Å². The van der Waals surface area contributed by atoms with Crippen LogP contribution in [0.2, 0.25) is 5.02 Å². The fraction of sp³-hybridized carbons (Fsp3) is 0.0714. The number of nitrogens with one attached hydrogen (secondary N) is 1. The summed E-state index contributed by atoms with van der Waals surface area (Å²) in [6.45, 7) is 1.81. The molecule has 3 aromatic rings. The van der Waals surface area contributed by atoms with Gasteiger partial charge in [0.05, 0.1) is 21.0 Å². The van der Waals surface area contributed by atoms with Crippen molar-refractivity contribution in [3.8, 4) is 0 Å². The number of nitrogens with zero attached hydrogens (tertiary/aromatic N) is 3. The van der Waals surface area contributed by atoms with E-state index in [1.807, 2.05) is 6.92 Å². The number of benzene rings is 1. The first kappa shape index (κ1) is 15.3. The van der Waals surface area contributed by atoms with Gasteiger partial charge < -0.3 is 0 Å². The summed E-state index contributed by atoms with van der Waals surface area (Å²) in [5, 5.41) is 16.7. The highest BCUT2D eigenvalue weighted by molar-refractivity contribution is 7.13. The molecule has 0 fully saturated rings. The van der Waals surface area contributed by atoms with Crippen LogP contribution in [0.4, 0.5) is 10.8 Å². The molecule has 0 aliphatic rings. The van der Waals surface area contributed by atoms with Crippen LogP contribution in [-0.2, 0) is 0 Å². The molecule has 0 aliphatic heterocycles. The maximum absolute atomic E-state index is 12.4. The molecule has 3 rings (SSSR count). The van der Waals surface area contributed by atoms with Crippen LogP contribution >= 0.6 is 22.9 Å². The fourth-order valence-corrected chi connectivity index (χ4v) is 3.08. The van der Waals surface area contributed by atoms with E-state index in [9.17, 15) is 14.9 Å². The topological polar surface area (TPSA) is 98.0 Å². The Hall–Kier alpha value is -2.58. The molecule has 0 bridgehead atoms. The van der Waals surface area contributed by atoms with E-state index in [2.05, 4.69) is 15.3 Å². The molecule has 9 heteroatoms. The lowest BCUT2D eigenvalue weighted by molar-refractivity contribution is -0.383. The quantitative estimate of drug-likeness (QED) is 0.573. The molecular weight excluding hydrogens is 340 g/mol. The van der Waals surface area contributed by atoms with E-state index in [1.165, 1.54) is 35.7 Å². The first-order valence-corrected chi connectivity index (χ1v) is 7.68. The molecule has 1 amide bonds. The lowest BCUT2D eigenvalue weighted by Gasteiger charge is -2.07. The summed E-state index contributed by atoms with van der Waals surface area (Å²) in [6, 6.07) is 4.15. The summed E-state index contributed by atoms with van der Waals surface area (Å²) >= 11 is 7.41. The van der Waals surface area contributed by atoms with Crippen LogP contribution < -0.4 is 5.32 Å². The van der Waals surface area contributed by atoms with Crippen LogP contribution in [0.15, 0.2) is 29.8 Å². The van der Waals surface area contributed by atoms with Gasteiger partial charge in [0.15, 0.2) is 5.13 Å². The summed E-state index contributed by atoms with van der Waals surface area (Å²) in [7, 11) is 0. The molecule has 2 aromatic heterocycles. The molecule has 0 unspecified atom stereocenters. The van der Waals surface area contributed by atoms with Crippen LogP contribution in [0.25, 0.3) is 10.8 Å². The van der Waals surface area contributed by atoms with E-state index in [4.69, 9.17) is 11.6 Å². The van der Waals surface area contributed by atoms with Gasteiger partial charge in [-0.1, -0.05) is 11.6 Å². The highest BCUT2D eigenvalue weighted by atomic mass is 35.5. The van der Waals surface area contributed by atoms with E-state index < -0.39 is 10.8 Å². The van der Waals surface area contributed by atoms with Crippen LogP contribution in [0, 0.1) is 17.0 Å². The number of halogens is 1. The first-order valence-electron chi connectivity index (χ1n) is 6.42. The van der Waals surface area contributed by atoms with Crippen molar-refractivity contribution in [1.29, 1.82) is 0 Å². The molecule has 23 heavy (non-hydrogen) atoms. The fourth-order valence-electron chi connectivity index (χ4n) is 2.14. The zero-order chi connectivity index (χ0) is 16.6. The SMILES string of the molecule is Cc1csc(NC(=O)c2nccc3c([N+](=O)[O-])ccc(Cl)c23)n1. The molecule has 0 atom stereocenters.